The summed E-state index contributed by atoms with van der Waals surface area (Å²) in [6, 6.07) is 0. The molecule has 1 fully saturated rings. The zero-order chi connectivity index (χ0) is 19.0. The van der Waals surface area contributed by atoms with Gasteiger partial charge in [0.25, 0.3) is 0 Å². The summed E-state index contributed by atoms with van der Waals surface area (Å²) in [5, 5.41) is 31.1. The van der Waals surface area contributed by atoms with Gasteiger partial charge in [-0.05, 0) is 32.6 Å². The number of aliphatic hydroxyl groups excluding tert-OH is 3. The quantitative estimate of drug-likeness (QED) is 0.617. The Labute approximate surface area is 153 Å². The minimum absolute atomic E-state index is 0.0267. The zero-order valence-electron chi connectivity index (χ0n) is 15.4. The number of ketones is 2. The third-order valence-electron chi connectivity index (χ3n) is 7.60. The van der Waals surface area contributed by atoms with E-state index in [1.54, 1.807) is 6.08 Å². The molecule has 4 aliphatic rings. The van der Waals surface area contributed by atoms with Crippen molar-refractivity contribution >= 4 is 11.6 Å². The van der Waals surface area contributed by atoms with E-state index in [4.69, 9.17) is 0 Å². The summed E-state index contributed by atoms with van der Waals surface area (Å²) in [7, 11) is 0. The van der Waals surface area contributed by atoms with E-state index in [1.165, 1.54) is 6.92 Å². The number of hydrogen-bond donors (Lipinski definition) is 3. The number of Topliss-reactive ketones (excluding diaryl/α,β-unsaturated/α-hetero) is 2. The Balaban J connectivity index is 1.82. The first kappa shape index (κ1) is 17.8. The molecule has 5 heteroatoms. The van der Waals surface area contributed by atoms with Crippen LogP contribution < -0.4 is 0 Å². The topological polar surface area (TPSA) is 94.8 Å². The lowest BCUT2D eigenvalue weighted by molar-refractivity contribution is -0.140. The number of hydrogen-bond acceptors (Lipinski definition) is 5. The van der Waals surface area contributed by atoms with Crippen LogP contribution in [0.15, 0.2) is 34.9 Å². The maximum Gasteiger partial charge on any atom is 0.156 e. The second-order valence-electron chi connectivity index (χ2n) is 8.65. The molecule has 7 atom stereocenters. The molecule has 0 heterocycles. The Kier molecular flexibility index (Phi) is 3.75. The fourth-order valence-corrected chi connectivity index (χ4v) is 5.96. The van der Waals surface area contributed by atoms with Crippen LogP contribution in [0.25, 0.3) is 0 Å². The molecule has 0 amide bonds. The van der Waals surface area contributed by atoms with Crippen molar-refractivity contribution in [1.29, 1.82) is 0 Å². The SMILES string of the molecule is CC(=O)C1=CCC2C3=CCC4=CC(O)C(O)C(O)C4(C)C3CC(=O)C12C. The second kappa shape index (κ2) is 5.47. The third-order valence-corrected chi connectivity index (χ3v) is 7.60. The van der Waals surface area contributed by atoms with Gasteiger partial charge in [0.1, 0.15) is 18.0 Å². The zero-order valence-corrected chi connectivity index (χ0v) is 15.4. The molecular weight excluding hydrogens is 332 g/mol. The smallest absolute Gasteiger partial charge is 0.156 e. The molecule has 0 aromatic rings. The van der Waals surface area contributed by atoms with Crippen LogP contribution >= 0.6 is 0 Å². The summed E-state index contributed by atoms with van der Waals surface area (Å²) in [6.07, 6.45) is 3.62. The van der Waals surface area contributed by atoms with Crippen LogP contribution in [0.5, 0.6) is 0 Å². The van der Waals surface area contributed by atoms with Crippen molar-refractivity contribution in [2.75, 3.05) is 0 Å². The van der Waals surface area contributed by atoms with Gasteiger partial charge in [0, 0.05) is 23.3 Å². The first-order valence-corrected chi connectivity index (χ1v) is 9.33. The molecule has 5 nitrogen and oxygen atoms in total. The molecule has 4 aliphatic carbocycles. The Morgan fingerprint density at radius 1 is 1.15 bits per heavy atom. The highest BCUT2D eigenvalue weighted by Gasteiger charge is 2.61. The average Bonchev–Trinajstić information content (AvgIpc) is 2.95. The van der Waals surface area contributed by atoms with Crippen LogP contribution in [0.4, 0.5) is 0 Å². The predicted octanol–water partition coefficient (Wildman–Crippen LogP) is 1.48. The molecule has 0 radical (unpaired) electrons. The van der Waals surface area contributed by atoms with Gasteiger partial charge in [0.15, 0.2) is 5.78 Å². The fourth-order valence-electron chi connectivity index (χ4n) is 5.96. The number of fused-ring (bicyclic) bond motifs is 5. The van der Waals surface area contributed by atoms with Crippen LogP contribution in [0.1, 0.15) is 40.0 Å². The standard InChI is InChI=1S/C21H26O5/c1-10(22)13-6-7-14-12-5-4-11-8-16(23)18(25)19(26)20(11,2)15(12)9-17(24)21(13,14)3/h5-6,8,14-16,18-19,23,25-26H,4,7,9H2,1-3H3. The summed E-state index contributed by atoms with van der Waals surface area (Å²) in [6.45, 7) is 5.28. The largest absolute Gasteiger partial charge is 0.389 e. The summed E-state index contributed by atoms with van der Waals surface area (Å²) in [4.78, 5) is 25.3. The fraction of sp³-hybridized carbons (Fsp3) is 0.619. The molecule has 26 heavy (non-hydrogen) atoms. The van der Waals surface area contributed by atoms with E-state index in [9.17, 15) is 24.9 Å². The van der Waals surface area contributed by atoms with E-state index in [0.717, 1.165) is 11.1 Å². The Hall–Kier alpha value is -1.56. The first-order valence-electron chi connectivity index (χ1n) is 9.33. The highest BCUT2D eigenvalue weighted by Crippen LogP contribution is 2.62. The molecule has 140 valence electrons. The van der Waals surface area contributed by atoms with Gasteiger partial charge in [-0.3, -0.25) is 9.59 Å². The van der Waals surface area contributed by atoms with E-state index in [1.807, 2.05) is 19.9 Å². The molecule has 0 aromatic carbocycles. The van der Waals surface area contributed by atoms with E-state index >= 15 is 0 Å². The second-order valence-corrected chi connectivity index (χ2v) is 8.65. The van der Waals surface area contributed by atoms with Crippen molar-refractivity contribution in [3.8, 4) is 0 Å². The monoisotopic (exact) mass is 358 g/mol. The van der Waals surface area contributed by atoms with Crippen molar-refractivity contribution in [2.24, 2.45) is 22.7 Å². The van der Waals surface area contributed by atoms with Gasteiger partial charge in [0.05, 0.1) is 11.5 Å². The van der Waals surface area contributed by atoms with Crippen LogP contribution in [0.2, 0.25) is 0 Å². The van der Waals surface area contributed by atoms with Gasteiger partial charge in [-0.1, -0.05) is 36.3 Å². The van der Waals surface area contributed by atoms with Crippen molar-refractivity contribution < 1.29 is 24.9 Å². The maximum atomic E-state index is 13.2. The molecule has 1 saturated carbocycles. The number of carbonyl (C=O) groups is 2. The summed E-state index contributed by atoms with van der Waals surface area (Å²) in [5.41, 5.74) is 1.04. The van der Waals surface area contributed by atoms with Crippen LogP contribution in [0.3, 0.4) is 0 Å². The van der Waals surface area contributed by atoms with Crippen molar-refractivity contribution in [3.63, 3.8) is 0 Å². The van der Waals surface area contributed by atoms with Crippen molar-refractivity contribution in [2.45, 2.75) is 58.3 Å². The molecule has 0 aliphatic heterocycles. The average molecular weight is 358 g/mol. The van der Waals surface area contributed by atoms with E-state index in [-0.39, 0.29) is 29.8 Å². The van der Waals surface area contributed by atoms with Gasteiger partial charge in [-0.25, -0.2) is 0 Å². The van der Waals surface area contributed by atoms with Crippen LogP contribution in [0, 0.1) is 22.7 Å². The third kappa shape index (κ3) is 1.97. The molecular formula is C21H26O5. The van der Waals surface area contributed by atoms with E-state index in [2.05, 4.69) is 6.08 Å². The molecule has 0 aromatic heterocycles. The predicted molar refractivity (Wildman–Crippen MR) is 95.0 cm³/mol. The van der Waals surface area contributed by atoms with Gasteiger partial charge in [-0.15, -0.1) is 0 Å². The van der Waals surface area contributed by atoms with Gasteiger partial charge in [-0.2, -0.15) is 0 Å². The van der Waals surface area contributed by atoms with Gasteiger partial charge < -0.3 is 15.3 Å². The number of rotatable bonds is 1. The molecule has 4 rings (SSSR count). The normalized spacial score (nSPS) is 47.2. The summed E-state index contributed by atoms with van der Waals surface area (Å²) in [5.74, 6) is -0.313. The van der Waals surface area contributed by atoms with Crippen molar-refractivity contribution in [1.82, 2.24) is 0 Å². The molecule has 0 spiro atoms. The number of aliphatic hydroxyl groups is 3. The molecule has 7 unspecified atom stereocenters. The van der Waals surface area contributed by atoms with E-state index < -0.39 is 29.1 Å². The lowest BCUT2D eigenvalue weighted by atomic mass is 9.49. The first-order chi connectivity index (χ1) is 12.1. The molecule has 0 bridgehead atoms. The number of carbonyl (C=O) groups excluding carboxylic acids is 2. The lowest BCUT2D eigenvalue weighted by Crippen LogP contribution is -2.59. The number of allylic oxidation sites excluding steroid dienone is 4. The highest BCUT2D eigenvalue weighted by atomic mass is 16.4. The Bertz CT molecular complexity index is 790. The van der Waals surface area contributed by atoms with Gasteiger partial charge >= 0.3 is 0 Å². The van der Waals surface area contributed by atoms with Crippen LogP contribution in [-0.4, -0.2) is 45.2 Å². The minimum Gasteiger partial charge on any atom is -0.389 e. The van der Waals surface area contributed by atoms with Gasteiger partial charge in [0.2, 0.25) is 0 Å². The lowest BCUT2D eigenvalue weighted by Gasteiger charge is -2.55. The minimum atomic E-state index is -1.26. The maximum absolute atomic E-state index is 13.2. The molecule has 3 N–H and O–H groups in total. The van der Waals surface area contributed by atoms with Crippen LogP contribution in [-0.2, 0) is 9.59 Å². The highest BCUT2D eigenvalue weighted by molar-refractivity contribution is 6.05. The summed E-state index contributed by atoms with van der Waals surface area (Å²) < 4.78 is 0. The Morgan fingerprint density at radius 3 is 2.50 bits per heavy atom. The Morgan fingerprint density at radius 2 is 1.85 bits per heavy atom. The van der Waals surface area contributed by atoms with Crippen molar-refractivity contribution in [3.05, 3.63) is 34.9 Å². The van der Waals surface area contributed by atoms with E-state index in [0.29, 0.717) is 18.4 Å². The molecule has 0 saturated heterocycles. The summed E-state index contributed by atoms with van der Waals surface area (Å²) >= 11 is 0.